The Morgan fingerprint density at radius 3 is 2.44 bits per heavy atom. The second-order valence-electron chi connectivity index (χ2n) is 5.89. The van der Waals surface area contributed by atoms with Gasteiger partial charge in [-0.2, -0.15) is 0 Å². The highest BCUT2D eigenvalue weighted by Gasteiger charge is 2.13. The molecule has 0 aliphatic heterocycles. The number of nitrogens with one attached hydrogen (secondary N) is 1. The van der Waals surface area contributed by atoms with E-state index in [-0.39, 0.29) is 5.56 Å². The molecule has 0 aliphatic rings. The number of benzene rings is 2. The third kappa shape index (κ3) is 2.71. The largest absolute Gasteiger partial charge is 0.478 e. The first kappa shape index (κ1) is 15.5. The number of aromatic nitrogens is 1. The van der Waals surface area contributed by atoms with Gasteiger partial charge in [-0.25, -0.2) is 4.79 Å². The minimum absolute atomic E-state index is 0.262. The number of aryl methyl sites for hydroxylation is 1. The Hall–Kier alpha value is -2.98. The monoisotopic (exact) mass is 351 g/mol. The average molecular weight is 352 g/mol. The minimum atomic E-state index is -0.937. The van der Waals surface area contributed by atoms with Gasteiger partial charge in [0.05, 0.1) is 16.3 Å². The van der Waals surface area contributed by atoms with Gasteiger partial charge in [-0.15, -0.1) is 0 Å². The summed E-state index contributed by atoms with van der Waals surface area (Å²) in [7, 11) is 0. The van der Waals surface area contributed by atoms with E-state index in [2.05, 4.69) is 4.98 Å². The molecule has 0 fully saturated rings. The van der Waals surface area contributed by atoms with E-state index in [0.29, 0.717) is 16.4 Å². The van der Waals surface area contributed by atoms with Gasteiger partial charge in [0.2, 0.25) is 0 Å². The summed E-state index contributed by atoms with van der Waals surface area (Å²) in [4.78, 5) is 14.3. The molecule has 0 bridgehead atoms. The van der Waals surface area contributed by atoms with Crippen LogP contribution in [0.15, 0.2) is 59.0 Å². The summed E-state index contributed by atoms with van der Waals surface area (Å²) in [6, 6.07) is 16.4. The lowest BCUT2D eigenvalue weighted by Gasteiger charge is -1.99. The fourth-order valence-corrected chi connectivity index (χ4v) is 3.06. The molecule has 124 valence electrons. The number of aromatic amines is 1. The minimum Gasteiger partial charge on any atom is -0.478 e. The highest BCUT2D eigenvalue weighted by atomic mass is 35.5. The Morgan fingerprint density at radius 1 is 1.04 bits per heavy atom. The van der Waals surface area contributed by atoms with Crippen LogP contribution in [-0.2, 0) is 0 Å². The maximum atomic E-state index is 10.9. The zero-order valence-electron chi connectivity index (χ0n) is 13.3. The van der Waals surface area contributed by atoms with Crippen molar-refractivity contribution in [2.75, 3.05) is 0 Å². The van der Waals surface area contributed by atoms with Gasteiger partial charge in [-0.3, -0.25) is 0 Å². The first-order valence-corrected chi connectivity index (χ1v) is 8.12. The van der Waals surface area contributed by atoms with Crippen LogP contribution in [0, 0.1) is 6.92 Å². The first-order chi connectivity index (χ1) is 12.0. The number of H-pyrrole nitrogens is 1. The molecule has 4 aromatic rings. The predicted octanol–water partition coefficient (Wildman–Crippen LogP) is 5.75. The van der Waals surface area contributed by atoms with Gasteiger partial charge in [0.1, 0.15) is 0 Å². The standard InChI is InChI=1S/C20H14ClNO3/c1-11-2-7-15(21)19-14(11)10-18(25-19)17-9-8-16(22-17)12-3-5-13(6-4-12)20(23)24/h2-10,22H,1H3,(H,23,24). The lowest BCUT2D eigenvalue weighted by molar-refractivity contribution is 0.0697. The molecule has 0 saturated heterocycles. The highest BCUT2D eigenvalue weighted by molar-refractivity contribution is 6.35. The molecule has 2 N–H and O–H groups in total. The summed E-state index contributed by atoms with van der Waals surface area (Å²) < 4.78 is 5.92. The van der Waals surface area contributed by atoms with E-state index in [1.807, 2.05) is 37.3 Å². The second-order valence-corrected chi connectivity index (χ2v) is 6.29. The number of halogens is 1. The van der Waals surface area contributed by atoms with E-state index in [1.165, 1.54) is 0 Å². The first-order valence-electron chi connectivity index (χ1n) is 7.75. The molecule has 2 heterocycles. The van der Waals surface area contributed by atoms with Crippen LogP contribution in [0.2, 0.25) is 5.02 Å². The zero-order valence-corrected chi connectivity index (χ0v) is 14.1. The Bertz CT molecular complexity index is 1050. The summed E-state index contributed by atoms with van der Waals surface area (Å²) in [5, 5.41) is 10.6. The van der Waals surface area contributed by atoms with Crippen molar-refractivity contribution in [1.82, 2.24) is 4.98 Å². The highest BCUT2D eigenvalue weighted by Crippen LogP contribution is 2.34. The normalized spacial score (nSPS) is 11.1. The molecule has 0 radical (unpaired) electrons. The lowest BCUT2D eigenvalue weighted by Crippen LogP contribution is -1.94. The number of carbonyl (C=O) groups is 1. The maximum absolute atomic E-state index is 10.9. The van der Waals surface area contributed by atoms with E-state index < -0.39 is 5.97 Å². The summed E-state index contributed by atoms with van der Waals surface area (Å²) in [5.74, 6) is -0.229. The molecule has 0 saturated carbocycles. The van der Waals surface area contributed by atoms with Gasteiger partial charge < -0.3 is 14.5 Å². The van der Waals surface area contributed by atoms with Crippen LogP contribution in [0.25, 0.3) is 33.7 Å². The molecule has 0 spiro atoms. The number of fused-ring (bicyclic) bond motifs is 1. The van der Waals surface area contributed by atoms with Crippen molar-refractivity contribution in [1.29, 1.82) is 0 Å². The number of rotatable bonds is 3. The van der Waals surface area contributed by atoms with Gasteiger partial charge in [0, 0.05) is 11.1 Å². The third-order valence-corrected chi connectivity index (χ3v) is 4.55. The van der Waals surface area contributed by atoms with Crippen molar-refractivity contribution >= 4 is 28.5 Å². The van der Waals surface area contributed by atoms with Crippen LogP contribution >= 0.6 is 11.6 Å². The van der Waals surface area contributed by atoms with Crippen molar-refractivity contribution in [3.63, 3.8) is 0 Å². The van der Waals surface area contributed by atoms with Crippen LogP contribution < -0.4 is 0 Å². The summed E-state index contributed by atoms with van der Waals surface area (Å²) >= 11 is 6.22. The quantitative estimate of drug-likeness (QED) is 0.493. The van der Waals surface area contributed by atoms with Gasteiger partial charge in [-0.05, 0) is 54.4 Å². The number of furan rings is 1. The molecule has 4 nitrogen and oxygen atoms in total. The molecular formula is C20H14ClNO3. The molecule has 25 heavy (non-hydrogen) atoms. The van der Waals surface area contributed by atoms with Crippen molar-refractivity contribution in [2.24, 2.45) is 0 Å². The predicted molar refractivity (Wildman–Crippen MR) is 98.1 cm³/mol. The van der Waals surface area contributed by atoms with Crippen LogP contribution in [0.1, 0.15) is 15.9 Å². The van der Waals surface area contributed by atoms with Crippen LogP contribution in [0.5, 0.6) is 0 Å². The van der Waals surface area contributed by atoms with Crippen molar-refractivity contribution < 1.29 is 14.3 Å². The summed E-state index contributed by atoms with van der Waals surface area (Å²) in [6.45, 7) is 2.02. The van der Waals surface area contributed by atoms with Gasteiger partial charge >= 0.3 is 5.97 Å². The molecular weight excluding hydrogens is 338 g/mol. The molecule has 5 heteroatoms. The lowest BCUT2D eigenvalue weighted by atomic mass is 10.1. The van der Waals surface area contributed by atoms with Gasteiger partial charge in [-0.1, -0.05) is 29.8 Å². The van der Waals surface area contributed by atoms with Gasteiger partial charge in [0.15, 0.2) is 11.3 Å². The van der Waals surface area contributed by atoms with Crippen molar-refractivity contribution in [2.45, 2.75) is 6.92 Å². The maximum Gasteiger partial charge on any atom is 0.335 e. The second kappa shape index (κ2) is 5.83. The van der Waals surface area contributed by atoms with E-state index >= 15 is 0 Å². The topological polar surface area (TPSA) is 66.2 Å². The SMILES string of the molecule is Cc1ccc(Cl)c2oc(-c3ccc(-c4ccc(C(=O)O)cc4)[nH]3)cc12. The number of carboxylic acids is 1. The fourth-order valence-electron chi connectivity index (χ4n) is 2.86. The van der Waals surface area contributed by atoms with E-state index in [9.17, 15) is 4.79 Å². The molecule has 0 unspecified atom stereocenters. The van der Waals surface area contributed by atoms with Crippen molar-refractivity contribution in [3.05, 3.63) is 70.7 Å². The Kier molecular flexibility index (Phi) is 3.62. The number of hydrogen-bond acceptors (Lipinski definition) is 2. The van der Waals surface area contributed by atoms with E-state index in [4.69, 9.17) is 21.1 Å². The molecule has 0 amide bonds. The summed E-state index contributed by atoms with van der Waals surface area (Å²) in [5.41, 5.74) is 4.67. The molecule has 2 aromatic heterocycles. The van der Waals surface area contributed by atoms with E-state index in [1.54, 1.807) is 24.3 Å². The fraction of sp³-hybridized carbons (Fsp3) is 0.0500. The van der Waals surface area contributed by atoms with Crippen molar-refractivity contribution in [3.8, 4) is 22.7 Å². The number of aromatic carboxylic acids is 1. The van der Waals surface area contributed by atoms with Crippen LogP contribution in [0.3, 0.4) is 0 Å². The smallest absolute Gasteiger partial charge is 0.335 e. The number of hydrogen-bond donors (Lipinski definition) is 2. The molecule has 2 aromatic carbocycles. The molecule has 0 atom stereocenters. The van der Waals surface area contributed by atoms with E-state index in [0.717, 1.165) is 27.9 Å². The number of carboxylic acid groups (broad SMARTS) is 1. The Morgan fingerprint density at radius 2 is 1.76 bits per heavy atom. The Balaban J connectivity index is 1.73. The van der Waals surface area contributed by atoms with Gasteiger partial charge in [0.25, 0.3) is 0 Å². The van der Waals surface area contributed by atoms with Crippen LogP contribution in [0.4, 0.5) is 0 Å². The summed E-state index contributed by atoms with van der Waals surface area (Å²) in [6.07, 6.45) is 0. The van der Waals surface area contributed by atoms with Crippen LogP contribution in [-0.4, -0.2) is 16.1 Å². The zero-order chi connectivity index (χ0) is 17.6. The third-order valence-electron chi connectivity index (χ3n) is 4.25. The molecule has 4 rings (SSSR count). The molecule has 0 aliphatic carbocycles. The Labute approximate surface area is 148 Å². The average Bonchev–Trinajstić information content (AvgIpc) is 3.26.